The Morgan fingerprint density at radius 3 is 2.83 bits per heavy atom. The van der Waals surface area contributed by atoms with Gasteiger partial charge in [-0.1, -0.05) is 11.3 Å². The van der Waals surface area contributed by atoms with Gasteiger partial charge in [-0.05, 0) is 61.4 Å². The molecule has 2 saturated heterocycles. The smallest absolute Gasteiger partial charge is 0.272 e. The van der Waals surface area contributed by atoms with Crippen LogP contribution in [0.15, 0.2) is 36.5 Å². The fourth-order valence-corrected chi connectivity index (χ4v) is 6.76. The molecule has 0 bridgehead atoms. The maximum absolute atomic E-state index is 13.5. The fourth-order valence-electron chi connectivity index (χ4n) is 6.04. The van der Waals surface area contributed by atoms with Gasteiger partial charge < -0.3 is 15.5 Å². The van der Waals surface area contributed by atoms with Gasteiger partial charge in [-0.25, -0.2) is 4.98 Å². The van der Waals surface area contributed by atoms with Crippen LogP contribution in [0.2, 0.25) is 0 Å². The van der Waals surface area contributed by atoms with Gasteiger partial charge in [-0.3, -0.25) is 19.7 Å². The van der Waals surface area contributed by atoms with Crippen molar-refractivity contribution in [1.82, 2.24) is 30.0 Å². The zero-order chi connectivity index (χ0) is 24.4. The zero-order valence-electron chi connectivity index (χ0n) is 19.6. The van der Waals surface area contributed by atoms with E-state index in [4.69, 9.17) is 5.73 Å². The minimum Gasteiger partial charge on any atom is -0.375 e. The van der Waals surface area contributed by atoms with Gasteiger partial charge in [0.25, 0.3) is 11.8 Å². The Hall–Kier alpha value is -3.79. The van der Waals surface area contributed by atoms with Crippen LogP contribution in [0.3, 0.4) is 0 Å². The molecule has 2 aliphatic heterocycles. The number of aryl methyl sites for hydroxylation is 1. The van der Waals surface area contributed by atoms with Crippen LogP contribution in [0.25, 0.3) is 21.5 Å². The first-order valence-electron chi connectivity index (χ1n) is 12.3. The number of nitrogens with two attached hydrogens (primary N) is 1. The lowest BCUT2D eigenvalue weighted by molar-refractivity contribution is 0.0642. The summed E-state index contributed by atoms with van der Waals surface area (Å²) in [5.41, 5.74) is 11.7. The van der Waals surface area contributed by atoms with E-state index >= 15 is 0 Å². The number of hydrogen-bond acceptors (Lipinski definition) is 7. The molecule has 0 radical (unpaired) electrons. The number of nitrogens with one attached hydrogen (secondary N) is 1. The molecule has 3 aliphatic rings. The van der Waals surface area contributed by atoms with Gasteiger partial charge >= 0.3 is 0 Å². The highest BCUT2D eigenvalue weighted by atomic mass is 32.1. The lowest BCUT2D eigenvalue weighted by atomic mass is 9.88. The third kappa shape index (κ3) is 3.39. The molecule has 0 unspecified atom stereocenters. The number of rotatable bonds is 2. The monoisotopic (exact) mass is 499 g/mol. The Morgan fingerprint density at radius 1 is 1.06 bits per heavy atom. The second-order valence-corrected chi connectivity index (χ2v) is 11.0. The average molecular weight is 500 g/mol. The van der Waals surface area contributed by atoms with Crippen LogP contribution in [0.1, 0.15) is 38.5 Å². The number of nitrogens with zero attached hydrogens (tertiary/aromatic N) is 5. The number of fused-ring (bicyclic) bond motifs is 5. The second kappa shape index (κ2) is 8.12. The van der Waals surface area contributed by atoms with Crippen LogP contribution in [-0.2, 0) is 12.8 Å². The summed E-state index contributed by atoms with van der Waals surface area (Å²) in [7, 11) is 0. The lowest BCUT2D eigenvalue weighted by Crippen LogP contribution is -2.43. The maximum atomic E-state index is 13.5. The largest absolute Gasteiger partial charge is 0.375 e. The van der Waals surface area contributed by atoms with Gasteiger partial charge in [-0.2, -0.15) is 5.10 Å². The number of nitrogen functional groups attached to an aromatic ring is 1. The number of amides is 2. The number of anilines is 1. The van der Waals surface area contributed by atoms with E-state index in [0.29, 0.717) is 41.9 Å². The third-order valence-corrected chi connectivity index (χ3v) is 8.73. The number of piperidine rings is 1. The van der Waals surface area contributed by atoms with Crippen molar-refractivity contribution in [3.05, 3.63) is 59.0 Å². The molecule has 2 amide bonds. The molecule has 0 spiro atoms. The lowest BCUT2D eigenvalue weighted by Gasteiger charge is -2.34. The van der Waals surface area contributed by atoms with E-state index < -0.39 is 0 Å². The topological polar surface area (TPSA) is 121 Å². The van der Waals surface area contributed by atoms with E-state index in [1.54, 1.807) is 6.20 Å². The predicted molar refractivity (Wildman–Crippen MR) is 137 cm³/mol. The third-order valence-electron chi connectivity index (χ3n) is 7.86. The van der Waals surface area contributed by atoms with Crippen LogP contribution < -0.4 is 5.73 Å². The van der Waals surface area contributed by atoms with Crippen molar-refractivity contribution in [3.63, 3.8) is 0 Å². The molecule has 1 aliphatic carbocycles. The summed E-state index contributed by atoms with van der Waals surface area (Å²) in [5.74, 6) is 0.702. The van der Waals surface area contributed by atoms with Crippen molar-refractivity contribution in [2.24, 2.45) is 11.8 Å². The van der Waals surface area contributed by atoms with Gasteiger partial charge in [0.1, 0.15) is 5.69 Å². The van der Waals surface area contributed by atoms with E-state index in [2.05, 4.69) is 20.2 Å². The molecule has 5 heterocycles. The summed E-state index contributed by atoms with van der Waals surface area (Å²) >= 11 is 1.42. The highest BCUT2D eigenvalue weighted by molar-refractivity contribution is 7.22. The number of aromatic nitrogens is 4. The van der Waals surface area contributed by atoms with E-state index in [9.17, 15) is 9.59 Å². The summed E-state index contributed by atoms with van der Waals surface area (Å²) < 4.78 is 0.980. The van der Waals surface area contributed by atoms with Gasteiger partial charge in [0, 0.05) is 49.1 Å². The molecule has 7 rings (SSSR count). The summed E-state index contributed by atoms with van der Waals surface area (Å²) in [4.78, 5) is 39.5. The van der Waals surface area contributed by atoms with Gasteiger partial charge in [-0.15, -0.1) is 0 Å². The quantitative estimate of drug-likeness (QED) is 0.437. The maximum Gasteiger partial charge on any atom is 0.272 e. The number of pyridine rings is 1. The Morgan fingerprint density at radius 2 is 1.92 bits per heavy atom. The number of benzene rings is 1. The number of carbonyl (C=O) groups excluding carboxylic acids is 2. The Labute approximate surface area is 211 Å². The van der Waals surface area contributed by atoms with Crippen molar-refractivity contribution in [2.45, 2.75) is 19.3 Å². The van der Waals surface area contributed by atoms with Gasteiger partial charge in [0.2, 0.25) is 0 Å². The Kier molecular flexibility index (Phi) is 4.85. The molecule has 36 heavy (non-hydrogen) atoms. The summed E-state index contributed by atoms with van der Waals surface area (Å²) in [6.07, 6.45) is 4.27. The van der Waals surface area contributed by atoms with Crippen LogP contribution in [-0.4, -0.2) is 68.0 Å². The van der Waals surface area contributed by atoms with Crippen molar-refractivity contribution < 1.29 is 9.59 Å². The molecule has 1 aromatic carbocycles. The SMILES string of the molecule is Nc1nc2cc(C(=O)N3CC[C@@H]4CN(C(=O)c5[nH]nc6c5CCc5ncccc5-6)C[C@@H]4C3)ccc2s1. The van der Waals surface area contributed by atoms with Crippen LogP contribution >= 0.6 is 11.3 Å². The molecular weight excluding hydrogens is 474 g/mol. The Bertz CT molecular complexity index is 1530. The van der Waals surface area contributed by atoms with E-state index in [1.165, 1.54) is 11.3 Å². The first kappa shape index (κ1) is 21.5. The highest BCUT2D eigenvalue weighted by Crippen LogP contribution is 2.36. The zero-order valence-corrected chi connectivity index (χ0v) is 20.4. The van der Waals surface area contributed by atoms with Crippen molar-refractivity contribution in [2.75, 3.05) is 31.9 Å². The number of H-pyrrole nitrogens is 1. The first-order valence-corrected chi connectivity index (χ1v) is 13.1. The summed E-state index contributed by atoms with van der Waals surface area (Å²) in [6.45, 7) is 2.73. The van der Waals surface area contributed by atoms with E-state index in [-0.39, 0.29) is 17.7 Å². The number of thiazole rings is 1. The van der Waals surface area contributed by atoms with Crippen molar-refractivity contribution in [1.29, 1.82) is 0 Å². The summed E-state index contributed by atoms with van der Waals surface area (Å²) in [5, 5.41) is 8.03. The van der Waals surface area contributed by atoms with Crippen molar-refractivity contribution >= 4 is 38.5 Å². The predicted octanol–water partition coefficient (Wildman–Crippen LogP) is 3.00. The number of hydrogen-bond donors (Lipinski definition) is 2. The molecule has 9 nitrogen and oxygen atoms in total. The molecule has 2 fully saturated rings. The average Bonchev–Trinajstić information content (AvgIpc) is 3.62. The first-order chi connectivity index (χ1) is 17.5. The van der Waals surface area contributed by atoms with Crippen LogP contribution in [0.4, 0.5) is 5.13 Å². The molecule has 3 aromatic heterocycles. The van der Waals surface area contributed by atoms with E-state index in [0.717, 1.165) is 58.5 Å². The normalized spacial score (nSPS) is 20.8. The minimum atomic E-state index is 0.00920. The van der Waals surface area contributed by atoms with Gasteiger partial charge in [0.15, 0.2) is 5.13 Å². The van der Waals surface area contributed by atoms with Crippen LogP contribution in [0.5, 0.6) is 0 Å². The number of carbonyl (C=O) groups is 2. The van der Waals surface area contributed by atoms with Gasteiger partial charge in [0.05, 0.1) is 21.6 Å². The second-order valence-electron chi connectivity index (χ2n) is 9.93. The summed E-state index contributed by atoms with van der Waals surface area (Å²) in [6, 6.07) is 9.53. The van der Waals surface area contributed by atoms with Crippen LogP contribution in [0, 0.1) is 11.8 Å². The highest BCUT2D eigenvalue weighted by Gasteiger charge is 2.41. The molecular formula is C26H25N7O2S. The molecule has 3 N–H and O–H groups in total. The molecule has 2 atom stereocenters. The molecule has 4 aromatic rings. The van der Waals surface area contributed by atoms with Crippen molar-refractivity contribution in [3.8, 4) is 11.3 Å². The molecule has 10 heteroatoms. The molecule has 0 saturated carbocycles. The standard InChI is InChI=1S/C26H25N7O2S/c27-26-29-20-10-14(3-6-21(20)36-26)24(34)32-9-7-15-11-33(13-16(15)12-32)25(35)23-18-4-5-19-17(2-1-8-28-19)22(18)30-31-23/h1-3,6,8,10,15-16H,4-5,7,9,11-13H2,(H2,27,29)(H,30,31)/t15-,16+/m1/s1. The Balaban J connectivity index is 1.07. The fraction of sp³-hybridized carbons (Fsp3) is 0.346. The number of likely N-dealkylation sites (tertiary alicyclic amines) is 2. The number of aromatic amines is 1. The minimum absolute atomic E-state index is 0.00920. The van der Waals surface area contributed by atoms with E-state index in [1.807, 2.05) is 40.1 Å². The molecule has 182 valence electrons.